The molecule has 6 rings (SSSR count). The van der Waals surface area contributed by atoms with Crippen LogP contribution in [-0.2, 0) is 15.7 Å². The molecule has 0 radical (unpaired) electrons. The Labute approximate surface area is 216 Å². The molecule has 1 amide bonds. The average Bonchev–Trinajstić information content (AvgIpc) is 3.61. The molecule has 0 unspecified atom stereocenters. The van der Waals surface area contributed by atoms with Gasteiger partial charge in [-0.3, -0.25) is 14.8 Å². The first kappa shape index (κ1) is 25.1. The third-order valence-corrected chi connectivity index (χ3v) is 7.49. The number of imidazole rings is 1. The Bertz CT molecular complexity index is 1290. The van der Waals surface area contributed by atoms with Gasteiger partial charge in [0, 0.05) is 51.5 Å². The minimum absolute atomic E-state index is 0.0917. The van der Waals surface area contributed by atoms with Crippen LogP contribution in [0.15, 0.2) is 12.3 Å². The number of carbonyl (C=O) groups is 1. The highest BCUT2D eigenvalue weighted by Gasteiger charge is 2.38. The molecule has 3 saturated heterocycles. The topological polar surface area (TPSA) is 116 Å². The number of piperidine rings is 1. The van der Waals surface area contributed by atoms with Gasteiger partial charge in [0.25, 0.3) is 5.91 Å². The van der Waals surface area contributed by atoms with Crippen molar-refractivity contribution in [1.29, 1.82) is 0 Å². The fraction of sp³-hybridized carbons (Fsp3) is 0.583. The van der Waals surface area contributed by atoms with Gasteiger partial charge in [0.2, 0.25) is 0 Å². The molecule has 0 saturated carbocycles. The number of likely N-dealkylation sites (tertiary alicyclic amines) is 1. The predicted octanol–water partition coefficient (Wildman–Crippen LogP) is 2.14. The number of fused-ring (bicyclic) bond motifs is 1. The van der Waals surface area contributed by atoms with Crippen molar-refractivity contribution in [1.82, 2.24) is 34.9 Å². The van der Waals surface area contributed by atoms with Gasteiger partial charge in [-0.2, -0.15) is 18.3 Å². The number of rotatable bonds is 4. The molecule has 3 aromatic heterocycles. The van der Waals surface area contributed by atoms with E-state index < -0.39 is 11.9 Å². The molecule has 14 heteroatoms. The summed E-state index contributed by atoms with van der Waals surface area (Å²) in [5, 5.41) is 5.70. The number of H-pyrrole nitrogens is 2. The first-order chi connectivity index (χ1) is 18.4. The van der Waals surface area contributed by atoms with E-state index in [1.54, 1.807) is 11.0 Å². The van der Waals surface area contributed by atoms with E-state index in [4.69, 9.17) is 9.47 Å². The van der Waals surface area contributed by atoms with E-state index in [0.29, 0.717) is 56.6 Å². The molecule has 38 heavy (non-hydrogen) atoms. The van der Waals surface area contributed by atoms with Gasteiger partial charge in [0.05, 0.1) is 43.4 Å². The summed E-state index contributed by atoms with van der Waals surface area (Å²) in [6.07, 6.45) is -1.73. The molecule has 3 aliphatic rings. The smallest absolute Gasteiger partial charge is 0.379 e. The van der Waals surface area contributed by atoms with Gasteiger partial charge in [-0.15, -0.1) is 0 Å². The predicted molar refractivity (Wildman–Crippen MR) is 131 cm³/mol. The second-order valence-corrected chi connectivity index (χ2v) is 9.73. The highest BCUT2D eigenvalue weighted by Crippen LogP contribution is 2.37. The quantitative estimate of drug-likeness (QED) is 0.523. The van der Waals surface area contributed by atoms with E-state index in [9.17, 15) is 18.0 Å². The lowest BCUT2D eigenvalue weighted by atomic mass is 10.0. The molecule has 3 fully saturated rings. The van der Waals surface area contributed by atoms with Crippen LogP contribution in [0.2, 0.25) is 0 Å². The fourth-order valence-corrected chi connectivity index (χ4v) is 5.49. The molecule has 6 heterocycles. The molecule has 2 N–H and O–H groups in total. The minimum atomic E-state index is -4.65. The third-order valence-electron chi connectivity index (χ3n) is 7.49. The van der Waals surface area contributed by atoms with Crippen LogP contribution in [0, 0.1) is 0 Å². The number of pyridine rings is 1. The average molecular weight is 535 g/mol. The Morgan fingerprint density at radius 2 is 1.66 bits per heavy atom. The van der Waals surface area contributed by atoms with Crippen LogP contribution >= 0.6 is 0 Å². The second-order valence-electron chi connectivity index (χ2n) is 9.73. The first-order valence-corrected chi connectivity index (χ1v) is 12.8. The van der Waals surface area contributed by atoms with Gasteiger partial charge in [-0.25, -0.2) is 9.97 Å². The Kier molecular flexibility index (Phi) is 6.70. The lowest BCUT2D eigenvalue weighted by Crippen LogP contribution is -2.50. The molecule has 204 valence electrons. The number of aromatic amines is 2. The Morgan fingerprint density at radius 3 is 2.34 bits per heavy atom. The van der Waals surface area contributed by atoms with Gasteiger partial charge < -0.3 is 24.3 Å². The molecule has 0 aliphatic carbocycles. The van der Waals surface area contributed by atoms with Crippen molar-refractivity contribution in [3.8, 4) is 11.3 Å². The molecule has 0 atom stereocenters. The van der Waals surface area contributed by atoms with Gasteiger partial charge in [0.1, 0.15) is 5.52 Å². The van der Waals surface area contributed by atoms with E-state index >= 15 is 0 Å². The van der Waals surface area contributed by atoms with Crippen molar-refractivity contribution in [2.75, 3.05) is 70.6 Å². The zero-order chi connectivity index (χ0) is 26.3. The third kappa shape index (κ3) is 4.83. The van der Waals surface area contributed by atoms with Gasteiger partial charge in [-0.1, -0.05) is 0 Å². The van der Waals surface area contributed by atoms with Crippen LogP contribution in [0.3, 0.4) is 0 Å². The van der Waals surface area contributed by atoms with E-state index in [2.05, 4.69) is 30.0 Å². The van der Waals surface area contributed by atoms with Crippen LogP contribution in [0.4, 0.5) is 18.9 Å². The first-order valence-electron chi connectivity index (χ1n) is 12.8. The standard InChI is InChI=1S/C24H29F3N8O3/c25-24(26,27)20-16(14-28-32-20)17-13-18(34-7-11-38-12-8-34)19-21(29-17)31-22(30-19)23(36)35-3-1-15(2-4-35)33-5-9-37-10-6-33/h13-15H,1-12H2,(H,28,32)(H,29,30,31). The Hall–Kier alpha value is -3.23. The molecule has 11 nitrogen and oxygen atoms in total. The van der Waals surface area contributed by atoms with Crippen molar-refractivity contribution in [2.24, 2.45) is 0 Å². The lowest BCUT2D eigenvalue weighted by Gasteiger charge is -2.39. The van der Waals surface area contributed by atoms with Gasteiger partial charge >= 0.3 is 6.18 Å². The van der Waals surface area contributed by atoms with E-state index in [1.807, 2.05) is 4.90 Å². The highest BCUT2D eigenvalue weighted by molar-refractivity contribution is 5.97. The maximum atomic E-state index is 13.6. The van der Waals surface area contributed by atoms with E-state index in [1.165, 1.54) is 6.20 Å². The van der Waals surface area contributed by atoms with Gasteiger partial charge in [0.15, 0.2) is 17.2 Å². The highest BCUT2D eigenvalue weighted by atomic mass is 19.4. The molecular formula is C24H29F3N8O3. The van der Waals surface area contributed by atoms with Crippen LogP contribution in [0.5, 0.6) is 0 Å². The molecule has 3 aromatic rings. The van der Waals surface area contributed by atoms with Crippen LogP contribution in [0.1, 0.15) is 29.2 Å². The summed E-state index contributed by atoms with van der Waals surface area (Å²) in [7, 11) is 0. The fourth-order valence-electron chi connectivity index (χ4n) is 5.49. The van der Waals surface area contributed by atoms with Crippen molar-refractivity contribution in [3.05, 3.63) is 23.8 Å². The summed E-state index contributed by atoms with van der Waals surface area (Å²) in [4.78, 5) is 31.7. The zero-order valence-electron chi connectivity index (χ0n) is 20.8. The van der Waals surface area contributed by atoms with Gasteiger partial charge in [-0.05, 0) is 18.9 Å². The number of carbonyl (C=O) groups excluding carboxylic acids is 1. The van der Waals surface area contributed by atoms with Crippen molar-refractivity contribution in [3.63, 3.8) is 0 Å². The number of ether oxygens (including phenoxy) is 2. The summed E-state index contributed by atoms with van der Waals surface area (Å²) >= 11 is 0. The summed E-state index contributed by atoms with van der Waals surface area (Å²) in [6.45, 7) is 6.56. The largest absolute Gasteiger partial charge is 0.435 e. The van der Waals surface area contributed by atoms with E-state index in [0.717, 1.165) is 39.1 Å². The minimum Gasteiger partial charge on any atom is -0.379 e. The normalized spacial score (nSPS) is 20.4. The number of alkyl halides is 3. The maximum Gasteiger partial charge on any atom is 0.435 e. The summed E-state index contributed by atoms with van der Waals surface area (Å²) in [6, 6.07) is 2.00. The summed E-state index contributed by atoms with van der Waals surface area (Å²) in [5.41, 5.74) is 0.180. The SMILES string of the molecule is O=C(c1nc2c(N3CCOCC3)cc(-c3c[nH]nc3C(F)(F)F)nc2[nH]1)N1CCC(N2CCOCC2)CC1. The number of nitrogens with one attached hydrogen (secondary N) is 2. The van der Waals surface area contributed by atoms with Crippen LogP contribution in [0.25, 0.3) is 22.4 Å². The number of hydrogen-bond donors (Lipinski definition) is 2. The van der Waals surface area contributed by atoms with Crippen LogP contribution in [-0.4, -0.2) is 113 Å². The molecule has 0 spiro atoms. The number of nitrogens with zero attached hydrogens (tertiary/aromatic N) is 6. The number of morpholine rings is 2. The zero-order valence-corrected chi connectivity index (χ0v) is 20.8. The summed E-state index contributed by atoms with van der Waals surface area (Å²) < 4.78 is 51.6. The van der Waals surface area contributed by atoms with Crippen molar-refractivity contribution in [2.45, 2.75) is 25.1 Å². The number of halogens is 3. The van der Waals surface area contributed by atoms with Crippen molar-refractivity contribution >= 4 is 22.8 Å². The monoisotopic (exact) mass is 534 g/mol. The van der Waals surface area contributed by atoms with E-state index in [-0.39, 0.29) is 28.6 Å². The molecule has 3 aliphatic heterocycles. The summed E-state index contributed by atoms with van der Waals surface area (Å²) in [5.74, 6) is -0.107. The molecule has 0 aromatic carbocycles. The number of anilines is 1. The number of hydrogen-bond acceptors (Lipinski definition) is 8. The van der Waals surface area contributed by atoms with Crippen molar-refractivity contribution < 1.29 is 27.4 Å². The maximum absolute atomic E-state index is 13.6. The lowest BCUT2D eigenvalue weighted by molar-refractivity contribution is -0.140. The number of amides is 1. The Morgan fingerprint density at radius 1 is 0.974 bits per heavy atom. The Balaban J connectivity index is 1.30. The molecular weight excluding hydrogens is 505 g/mol. The second kappa shape index (κ2) is 10.2. The molecule has 0 bridgehead atoms. The number of aromatic nitrogens is 5. The van der Waals surface area contributed by atoms with Crippen LogP contribution < -0.4 is 4.90 Å².